The van der Waals surface area contributed by atoms with Crippen LogP contribution in [0.5, 0.6) is 0 Å². The van der Waals surface area contributed by atoms with Gasteiger partial charge in [-0.15, -0.1) is 5.10 Å². The first-order valence-corrected chi connectivity index (χ1v) is 7.18. The summed E-state index contributed by atoms with van der Waals surface area (Å²) in [5, 5.41) is 12.0. The lowest BCUT2D eigenvalue weighted by Gasteiger charge is -2.02. The molecule has 1 aromatic carbocycles. The Morgan fingerprint density at radius 3 is 2.37 bits per heavy atom. The van der Waals surface area contributed by atoms with E-state index in [1.165, 1.54) is 11.8 Å². The minimum Gasteiger partial charge on any atom is -0.264 e. The number of benzene rings is 1. The van der Waals surface area contributed by atoms with Crippen molar-refractivity contribution in [3.8, 4) is 11.1 Å². The smallest absolute Gasteiger partial charge is 0.144 e. The number of hydrogen-bond donors (Lipinski definition) is 1. The average Bonchev–Trinajstić information content (AvgIpc) is 2.94. The summed E-state index contributed by atoms with van der Waals surface area (Å²) >= 11 is 4.91. The SMILES string of the molecule is Brc1ccc(-c2ccc(Sc3c[nH]nn3)nc2)cc1. The van der Waals surface area contributed by atoms with Gasteiger partial charge < -0.3 is 0 Å². The predicted octanol–water partition coefficient (Wildman–Crippen LogP) is 3.78. The van der Waals surface area contributed by atoms with Crippen molar-refractivity contribution in [2.75, 3.05) is 0 Å². The minimum atomic E-state index is 0.809. The Labute approximate surface area is 122 Å². The molecule has 6 heteroatoms. The summed E-state index contributed by atoms with van der Waals surface area (Å²) in [6.07, 6.45) is 3.61. The molecule has 3 rings (SSSR count). The van der Waals surface area contributed by atoms with Crippen LogP contribution in [0.25, 0.3) is 11.1 Å². The van der Waals surface area contributed by atoms with Gasteiger partial charge in [0.05, 0.1) is 6.20 Å². The number of halogens is 1. The molecule has 2 heterocycles. The number of aromatic amines is 1. The van der Waals surface area contributed by atoms with Crippen LogP contribution in [0.2, 0.25) is 0 Å². The number of H-pyrrole nitrogens is 1. The Bertz CT molecular complexity index is 650. The number of aromatic nitrogens is 4. The van der Waals surface area contributed by atoms with E-state index in [0.29, 0.717) is 0 Å². The highest BCUT2D eigenvalue weighted by atomic mass is 79.9. The van der Waals surface area contributed by atoms with Gasteiger partial charge >= 0.3 is 0 Å². The van der Waals surface area contributed by atoms with Gasteiger partial charge in [0.2, 0.25) is 0 Å². The fourth-order valence-electron chi connectivity index (χ4n) is 1.60. The van der Waals surface area contributed by atoms with Crippen molar-refractivity contribution in [3.05, 3.63) is 53.3 Å². The third-order valence-electron chi connectivity index (χ3n) is 2.52. The van der Waals surface area contributed by atoms with Gasteiger partial charge in [-0.2, -0.15) is 0 Å². The topological polar surface area (TPSA) is 54.5 Å². The van der Waals surface area contributed by atoms with E-state index in [9.17, 15) is 0 Å². The van der Waals surface area contributed by atoms with Crippen LogP contribution in [0, 0.1) is 0 Å². The van der Waals surface area contributed by atoms with Gasteiger partial charge in [-0.3, -0.25) is 5.10 Å². The van der Waals surface area contributed by atoms with Gasteiger partial charge in [0, 0.05) is 16.2 Å². The van der Waals surface area contributed by atoms with Crippen molar-refractivity contribution < 1.29 is 0 Å². The molecule has 3 aromatic rings. The third kappa shape index (κ3) is 3.02. The van der Waals surface area contributed by atoms with Gasteiger partial charge in [0.1, 0.15) is 10.1 Å². The molecule has 94 valence electrons. The molecule has 1 N–H and O–H groups in total. The van der Waals surface area contributed by atoms with Crippen LogP contribution in [0.1, 0.15) is 0 Å². The summed E-state index contributed by atoms with van der Waals surface area (Å²) in [7, 11) is 0. The van der Waals surface area contributed by atoms with Gasteiger partial charge in [-0.1, -0.05) is 39.3 Å². The number of hydrogen-bond acceptors (Lipinski definition) is 4. The van der Waals surface area contributed by atoms with Crippen LogP contribution in [0.15, 0.2) is 63.3 Å². The first-order chi connectivity index (χ1) is 9.31. The Morgan fingerprint density at radius 1 is 0.947 bits per heavy atom. The molecule has 0 saturated heterocycles. The molecular formula is C13H9BrN4S. The summed E-state index contributed by atoms with van der Waals surface area (Å²) in [5.41, 5.74) is 2.24. The fourth-order valence-corrected chi connectivity index (χ4v) is 2.52. The molecule has 0 radical (unpaired) electrons. The number of nitrogens with zero attached hydrogens (tertiary/aromatic N) is 3. The normalized spacial score (nSPS) is 10.6. The zero-order chi connectivity index (χ0) is 13.1. The molecule has 0 spiro atoms. The van der Waals surface area contributed by atoms with Crippen molar-refractivity contribution in [1.82, 2.24) is 20.4 Å². The predicted molar refractivity (Wildman–Crippen MR) is 77.9 cm³/mol. The second-order valence-corrected chi connectivity index (χ2v) is 5.76. The van der Waals surface area contributed by atoms with Crippen molar-refractivity contribution in [1.29, 1.82) is 0 Å². The number of pyridine rings is 1. The maximum absolute atomic E-state index is 4.42. The molecule has 0 atom stereocenters. The van der Waals surface area contributed by atoms with Crippen molar-refractivity contribution in [3.63, 3.8) is 0 Å². The lowest BCUT2D eigenvalue weighted by atomic mass is 10.1. The molecule has 0 aliphatic heterocycles. The molecule has 0 unspecified atom stereocenters. The van der Waals surface area contributed by atoms with E-state index < -0.39 is 0 Å². The molecule has 4 nitrogen and oxygen atoms in total. The van der Waals surface area contributed by atoms with Crippen molar-refractivity contribution >= 4 is 27.7 Å². The van der Waals surface area contributed by atoms with Gasteiger partial charge in [-0.05, 0) is 35.5 Å². The summed E-state index contributed by atoms with van der Waals surface area (Å²) < 4.78 is 1.07. The van der Waals surface area contributed by atoms with Crippen LogP contribution in [0.4, 0.5) is 0 Å². The molecule has 2 aromatic heterocycles. The molecule has 0 amide bonds. The standard InChI is InChI=1S/C13H9BrN4S/c14-11-4-1-9(2-5-11)10-3-6-12(15-7-10)19-13-8-16-18-17-13/h1-8H,(H,16,17,18). The molecular weight excluding hydrogens is 324 g/mol. The Morgan fingerprint density at radius 2 is 1.74 bits per heavy atom. The zero-order valence-electron chi connectivity index (χ0n) is 9.75. The Balaban J connectivity index is 1.80. The van der Waals surface area contributed by atoms with E-state index in [0.717, 1.165) is 25.7 Å². The maximum Gasteiger partial charge on any atom is 0.144 e. The molecule has 0 saturated carbocycles. The van der Waals surface area contributed by atoms with Gasteiger partial charge in [0.15, 0.2) is 0 Å². The highest BCUT2D eigenvalue weighted by Crippen LogP contribution is 2.26. The van der Waals surface area contributed by atoms with E-state index in [2.05, 4.69) is 54.5 Å². The summed E-state index contributed by atoms with van der Waals surface area (Å²) in [6.45, 7) is 0. The molecule has 0 aliphatic rings. The van der Waals surface area contributed by atoms with E-state index in [-0.39, 0.29) is 0 Å². The number of rotatable bonds is 3. The molecule has 0 bridgehead atoms. The second kappa shape index (κ2) is 5.54. The fraction of sp³-hybridized carbons (Fsp3) is 0. The third-order valence-corrected chi connectivity index (χ3v) is 3.91. The summed E-state index contributed by atoms with van der Waals surface area (Å²) in [6, 6.07) is 12.2. The first kappa shape index (κ1) is 12.4. The largest absolute Gasteiger partial charge is 0.264 e. The zero-order valence-corrected chi connectivity index (χ0v) is 12.1. The van der Waals surface area contributed by atoms with E-state index >= 15 is 0 Å². The van der Waals surface area contributed by atoms with E-state index in [1.807, 2.05) is 24.4 Å². The van der Waals surface area contributed by atoms with Crippen LogP contribution in [-0.4, -0.2) is 20.4 Å². The van der Waals surface area contributed by atoms with E-state index in [1.54, 1.807) is 6.20 Å². The summed E-state index contributed by atoms with van der Waals surface area (Å²) in [5.74, 6) is 0. The highest BCUT2D eigenvalue weighted by Gasteiger charge is 2.03. The lowest BCUT2D eigenvalue weighted by molar-refractivity contribution is 0.910. The molecule has 0 aliphatic carbocycles. The highest BCUT2D eigenvalue weighted by molar-refractivity contribution is 9.10. The van der Waals surface area contributed by atoms with Crippen LogP contribution >= 0.6 is 27.7 Å². The van der Waals surface area contributed by atoms with Gasteiger partial charge in [-0.25, -0.2) is 4.98 Å². The quantitative estimate of drug-likeness (QED) is 0.792. The first-order valence-electron chi connectivity index (χ1n) is 5.57. The summed E-state index contributed by atoms with van der Waals surface area (Å²) in [4.78, 5) is 4.42. The Kier molecular flexibility index (Phi) is 3.61. The lowest BCUT2D eigenvalue weighted by Crippen LogP contribution is -1.83. The van der Waals surface area contributed by atoms with Crippen molar-refractivity contribution in [2.24, 2.45) is 0 Å². The Hall–Kier alpha value is -1.66. The van der Waals surface area contributed by atoms with Crippen LogP contribution in [-0.2, 0) is 0 Å². The molecule has 19 heavy (non-hydrogen) atoms. The second-order valence-electron chi connectivity index (χ2n) is 3.81. The van der Waals surface area contributed by atoms with Crippen molar-refractivity contribution in [2.45, 2.75) is 10.1 Å². The minimum absolute atomic E-state index is 0.809. The van der Waals surface area contributed by atoms with Gasteiger partial charge in [0.25, 0.3) is 0 Å². The van der Waals surface area contributed by atoms with Crippen LogP contribution < -0.4 is 0 Å². The average molecular weight is 333 g/mol. The van der Waals surface area contributed by atoms with Crippen LogP contribution in [0.3, 0.4) is 0 Å². The maximum atomic E-state index is 4.42. The van der Waals surface area contributed by atoms with E-state index in [4.69, 9.17) is 0 Å². The monoisotopic (exact) mass is 332 g/mol. The molecule has 0 fully saturated rings. The number of nitrogens with one attached hydrogen (secondary N) is 1.